The lowest BCUT2D eigenvalue weighted by atomic mass is 10.0. The molecular weight excluding hydrogens is 488 g/mol. The summed E-state index contributed by atoms with van der Waals surface area (Å²) in [4.78, 5) is 34.4. The molecule has 0 spiro atoms. The van der Waals surface area contributed by atoms with Crippen LogP contribution < -0.4 is 10.9 Å². The summed E-state index contributed by atoms with van der Waals surface area (Å²) < 4.78 is 1.76. The van der Waals surface area contributed by atoms with Gasteiger partial charge in [-0.1, -0.05) is 30.7 Å². The van der Waals surface area contributed by atoms with E-state index in [1.165, 1.54) is 36.6 Å². The molecule has 2 aliphatic rings. The second-order valence-electron chi connectivity index (χ2n) is 10.7. The van der Waals surface area contributed by atoms with Crippen LogP contribution in [0.2, 0.25) is 0 Å². The highest BCUT2D eigenvalue weighted by molar-refractivity contribution is 6.04. The monoisotopic (exact) mass is 522 g/mol. The molecule has 3 N–H and O–H groups in total. The molecule has 1 atom stereocenters. The van der Waals surface area contributed by atoms with Crippen LogP contribution >= 0.6 is 0 Å². The molecule has 8 nitrogen and oxygen atoms in total. The zero-order valence-corrected chi connectivity index (χ0v) is 22.2. The first kappa shape index (κ1) is 25.1. The Hall–Kier alpha value is -4.17. The molecule has 8 heteroatoms. The van der Waals surface area contributed by atoms with Crippen molar-refractivity contribution in [2.75, 3.05) is 11.9 Å². The molecule has 1 saturated heterocycles. The second-order valence-corrected chi connectivity index (χ2v) is 10.7. The van der Waals surface area contributed by atoms with Gasteiger partial charge in [0.15, 0.2) is 0 Å². The molecule has 6 rings (SSSR count). The summed E-state index contributed by atoms with van der Waals surface area (Å²) in [6.45, 7) is 5.02. The highest BCUT2D eigenvalue weighted by Gasteiger charge is 2.19. The minimum absolute atomic E-state index is 0.219. The Morgan fingerprint density at radius 1 is 1.15 bits per heavy atom. The van der Waals surface area contributed by atoms with Crippen molar-refractivity contribution < 1.29 is 4.79 Å². The van der Waals surface area contributed by atoms with Crippen LogP contribution in [0.4, 0.5) is 5.69 Å². The number of aromatic amines is 2. The van der Waals surface area contributed by atoms with Gasteiger partial charge in [-0.2, -0.15) is 5.10 Å². The molecule has 0 radical (unpaired) electrons. The van der Waals surface area contributed by atoms with Crippen molar-refractivity contribution in [1.82, 2.24) is 24.6 Å². The van der Waals surface area contributed by atoms with Crippen molar-refractivity contribution >= 4 is 22.5 Å². The number of aromatic nitrogens is 4. The molecule has 4 heterocycles. The first-order valence-electron chi connectivity index (χ1n) is 13.8. The van der Waals surface area contributed by atoms with Gasteiger partial charge in [-0.3, -0.25) is 19.2 Å². The van der Waals surface area contributed by atoms with Gasteiger partial charge in [0.05, 0.1) is 35.2 Å². The number of piperidine rings is 1. The standard InChI is InChI=1S/C31H34N6O2/c1-21-7-5-6-12-36(21)18-23-10-11-28-24(13-23)14-29(35-28)27-15-26(17-32-31(27)39)34-30(38)25-16-33-37(20-25)19-22-8-3-2-4-9-22/h3,8-11,13-17,20-21,35H,2,4-7,12,18-19H2,1H3,(H,32,39)(H,34,38)/t21-/m0/s1. The first-order valence-corrected chi connectivity index (χ1v) is 13.8. The molecule has 200 valence electrons. The largest absolute Gasteiger partial charge is 0.354 e. The predicted molar refractivity (Wildman–Crippen MR) is 155 cm³/mol. The number of nitrogens with one attached hydrogen (secondary N) is 3. The maximum Gasteiger partial charge on any atom is 0.258 e. The van der Waals surface area contributed by atoms with Gasteiger partial charge in [0.1, 0.15) is 0 Å². The van der Waals surface area contributed by atoms with Gasteiger partial charge >= 0.3 is 0 Å². The van der Waals surface area contributed by atoms with Crippen LogP contribution in [0.5, 0.6) is 0 Å². The molecule has 1 aromatic carbocycles. The van der Waals surface area contributed by atoms with Crippen molar-refractivity contribution in [3.05, 3.63) is 94.2 Å². The van der Waals surface area contributed by atoms with Crippen molar-refractivity contribution in [3.63, 3.8) is 0 Å². The molecule has 1 aliphatic heterocycles. The van der Waals surface area contributed by atoms with E-state index in [4.69, 9.17) is 0 Å². The number of fused-ring (bicyclic) bond motifs is 1. The van der Waals surface area contributed by atoms with E-state index in [1.54, 1.807) is 23.1 Å². The molecule has 0 unspecified atom stereocenters. The molecule has 39 heavy (non-hydrogen) atoms. The average Bonchev–Trinajstić information content (AvgIpc) is 3.59. The van der Waals surface area contributed by atoms with Crippen LogP contribution in [0.3, 0.4) is 0 Å². The number of H-pyrrole nitrogens is 2. The Morgan fingerprint density at radius 3 is 2.92 bits per heavy atom. The maximum atomic E-state index is 12.9. The van der Waals surface area contributed by atoms with Gasteiger partial charge in [-0.05, 0) is 74.6 Å². The minimum atomic E-state index is -0.277. The summed E-state index contributed by atoms with van der Waals surface area (Å²) in [5, 5.41) is 8.30. The van der Waals surface area contributed by atoms with E-state index in [0.29, 0.717) is 35.1 Å². The average molecular weight is 523 g/mol. The van der Waals surface area contributed by atoms with Crippen LogP contribution in [-0.4, -0.2) is 43.1 Å². The Kier molecular flexibility index (Phi) is 7.02. The van der Waals surface area contributed by atoms with Crippen LogP contribution in [0.15, 0.2) is 77.5 Å². The van der Waals surface area contributed by atoms with Crippen molar-refractivity contribution in [3.8, 4) is 11.3 Å². The van der Waals surface area contributed by atoms with E-state index in [0.717, 1.165) is 36.8 Å². The van der Waals surface area contributed by atoms with Crippen molar-refractivity contribution in [2.45, 2.75) is 58.2 Å². The number of likely N-dealkylation sites (tertiary alicyclic amines) is 1. The molecule has 0 saturated carbocycles. The maximum absolute atomic E-state index is 12.9. The fourth-order valence-electron chi connectivity index (χ4n) is 5.55. The number of carbonyl (C=O) groups excluding carboxylic acids is 1. The zero-order valence-electron chi connectivity index (χ0n) is 22.2. The topological polar surface area (TPSA) is 98.8 Å². The number of pyridine rings is 1. The highest BCUT2D eigenvalue weighted by Crippen LogP contribution is 2.26. The summed E-state index contributed by atoms with van der Waals surface area (Å²) in [7, 11) is 0. The van der Waals surface area contributed by atoms with Gasteiger partial charge < -0.3 is 15.3 Å². The van der Waals surface area contributed by atoms with Crippen LogP contribution in [0, 0.1) is 0 Å². The number of carbonyl (C=O) groups is 1. The summed E-state index contributed by atoms with van der Waals surface area (Å²) in [6.07, 6.45) is 17.2. The van der Waals surface area contributed by atoms with Crippen molar-refractivity contribution in [2.24, 2.45) is 0 Å². The fraction of sp³-hybridized carbons (Fsp3) is 0.323. The summed E-state index contributed by atoms with van der Waals surface area (Å²) in [5.41, 5.74) is 5.38. The molecular formula is C31H34N6O2. The van der Waals surface area contributed by atoms with Crippen LogP contribution in [0.25, 0.3) is 22.2 Å². The Bertz CT molecular complexity index is 1620. The van der Waals surface area contributed by atoms with E-state index in [-0.39, 0.29) is 11.5 Å². The lowest BCUT2D eigenvalue weighted by Gasteiger charge is -2.33. The van der Waals surface area contributed by atoms with E-state index in [9.17, 15) is 9.59 Å². The van der Waals surface area contributed by atoms with E-state index in [2.05, 4.69) is 68.6 Å². The van der Waals surface area contributed by atoms with Crippen molar-refractivity contribution in [1.29, 1.82) is 0 Å². The lowest BCUT2D eigenvalue weighted by molar-refractivity contribution is 0.102. The SMILES string of the molecule is C[C@H]1CCCCN1Cc1ccc2[nH]c(-c3cc(NC(=O)c4cnn(CC5=CCCC=C5)c4)c[nH]c3=O)cc2c1. The number of anilines is 1. The van der Waals surface area contributed by atoms with Gasteiger partial charge in [0, 0.05) is 35.9 Å². The van der Waals surface area contributed by atoms with Gasteiger partial charge in [-0.25, -0.2) is 0 Å². The Morgan fingerprint density at radius 2 is 2.08 bits per heavy atom. The molecule has 4 aromatic rings. The van der Waals surface area contributed by atoms with E-state index >= 15 is 0 Å². The molecule has 0 bridgehead atoms. The van der Waals surface area contributed by atoms with Crippen LogP contribution in [0.1, 0.15) is 54.9 Å². The van der Waals surface area contributed by atoms with Gasteiger partial charge in [0.2, 0.25) is 0 Å². The lowest BCUT2D eigenvalue weighted by Crippen LogP contribution is -2.36. The number of rotatable bonds is 7. The summed E-state index contributed by atoms with van der Waals surface area (Å²) in [6, 6.07) is 10.8. The third-order valence-corrected chi connectivity index (χ3v) is 7.77. The fourth-order valence-corrected chi connectivity index (χ4v) is 5.55. The minimum Gasteiger partial charge on any atom is -0.354 e. The number of allylic oxidation sites excluding steroid dienone is 4. The third-order valence-electron chi connectivity index (χ3n) is 7.77. The third kappa shape index (κ3) is 5.66. The highest BCUT2D eigenvalue weighted by atomic mass is 16.1. The second kappa shape index (κ2) is 10.9. The number of hydrogen-bond donors (Lipinski definition) is 3. The number of amides is 1. The quantitative estimate of drug-likeness (QED) is 0.293. The van der Waals surface area contributed by atoms with Gasteiger partial charge in [-0.15, -0.1) is 0 Å². The predicted octanol–water partition coefficient (Wildman–Crippen LogP) is 5.62. The van der Waals surface area contributed by atoms with E-state index in [1.807, 2.05) is 6.07 Å². The number of hydrogen-bond acceptors (Lipinski definition) is 4. The first-order chi connectivity index (χ1) is 19.0. The molecule has 1 fully saturated rings. The van der Waals surface area contributed by atoms with E-state index < -0.39 is 0 Å². The Labute approximate surface area is 227 Å². The molecule has 1 amide bonds. The zero-order chi connectivity index (χ0) is 26.8. The summed E-state index contributed by atoms with van der Waals surface area (Å²) >= 11 is 0. The summed E-state index contributed by atoms with van der Waals surface area (Å²) in [5.74, 6) is -0.277. The number of nitrogens with zero attached hydrogens (tertiary/aromatic N) is 3. The van der Waals surface area contributed by atoms with Gasteiger partial charge in [0.25, 0.3) is 11.5 Å². The van der Waals surface area contributed by atoms with Crippen LogP contribution in [-0.2, 0) is 13.1 Å². The number of benzene rings is 1. The smallest absolute Gasteiger partial charge is 0.258 e. The normalized spacial score (nSPS) is 17.9. The molecule has 1 aliphatic carbocycles. The Balaban J connectivity index is 1.18. The molecule has 3 aromatic heterocycles.